The summed E-state index contributed by atoms with van der Waals surface area (Å²) < 4.78 is 16.7. The number of carbonyl (C=O) groups is 2. The van der Waals surface area contributed by atoms with Gasteiger partial charge in [0.1, 0.15) is 6.10 Å². The Bertz CT molecular complexity index is 1470. The van der Waals surface area contributed by atoms with E-state index in [1.165, 1.54) is 0 Å². The Kier molecular flexibility index (Phi) is 10.1. The average Bonchev–Trinajstić information content (AvgIpc) is 3.76. The van der Waals surface area contributed by atoms with Crippen LogP contribution in [0.5, 0.6) is 0 Å². The number of hydrogen-bond donors (Lipinski definition) is 5. The van der Waals surface area contributed by atoms with Gasteiger partial charge in [-0.2, -0.15) is 0 Å². The second-order valence-corrected chi connectivity index (χ2v) is 12.7. The molecule has 46 heavy (non-hydrogen) atoms. The Morgan fingerprint density at radius 2 is 1.72 bits per heavy atom. The zero-order chi connectivity index (χ0) is 32.1. The fraction of sp³-hybridized carbons (Fsp3) is 0.444. The maximum Gasteiger partial charge on any atom is 0.407 e. The Labute approximate surface area is 269 Å². The number of rotatable bonds is 12. The largest absolute Gasteiger partial charge is 0.444 e. The predicted octanol–water partition coefficient (Wildman–Crippen LogP) is 2.59. The van der Waals surface area contributed by atoms with E-state index >= 15 is 0 Å². The number of aliphatic hydroxyl groups is 2. The van der Waals surface area contributed by atoms with Crippen molar-refractivity contribution in [2.45, 2.75) is 74.3 Å². The summed E-state index contributed by atoms with van der Waals surface area (Å²) in [6.07, 6.45) is -2.11. The van der Waals surface area contributed by atoms with Crippen LogP contribution in [0.15, 0.2) is 84.9 Å². The lowest BCUT2D eigenvalue weighted by atomic mass is 9.75. The van der Waals surface area contributed by atoms with Crippen LogP contribution in [-0.2, 0) is 38.3 Å². The zero-order valence-electron chi connectivity index (χ0n) is 25.8. The highest BCUT2D eigenvalue weighted by Gasteiger charge is 2.54. The molecule has 8 atom stereocenters. The molecule has 1 amide bonds. The number of carbonyl (C=O) groups excluding carboxylic acids is 2. The summed E-state index contributed by atoms with van der Waals surface area (Å²) in [4.78, 5) is 27.8. The number of ether oxygens (including phenoxy) is 3. The van der Waals surface area contributed by atoms with E-state index in [-0.39, 0.29) is 24.2 Å². The van der Waals surface area contributed by atoms with Gasteiger partial charge in [-0.25, -0.2) is 4.79 Å². The summed E-state index contributed by atoms with van der Waals surface area (Å²) in [6, 6.07) is 26.5. The van der Waals surface area contributed by atoms with E-state index in [0.717, 1.165) is 22.3 Å². The van der Waals surface area contributed by atoms with Gasteiger partial charge in [0.2, 0.25) is 6.41 Å². The van der Waals surface area contributed by atoms with Crippen LogP contribution in [0.1, 0.15) is 41.0 Å². The van der Waals surface area contributed by atoms with Gasteiger partial charge in [0, 0.05) is 31.2 Å². The monoisotopic (exact) mass is 629 g/mol. The number of amides is 1. The van der Waals surface area contributed by atoms with E-state index < -0.39 is 42.2 Å². The number of hydrogen-bond acceptors (Lipinski definition) is 9. The molecule has 10 heteroatoms. The molecular weight excluding hydrogens is 586 g/mol. The molecule has 2 aliphatic heterocycles. The lowest BCUT2D eigenvalue weighted by molar-refractivity contribution is -0.144. The third-order valence-corrected chi connectivity index (χ3v) is 9.59. The normalized spacial score (nSPS) is 27.6. The fourth-order valence-electron chi connectivity index (χ4n) is 7.44. The second-order valence-electron chi connectivity index (χ2n) is 12.7. The first kappa shape index (κ1) is 32.3. The molecule has 3 aromatic carbocycles. The minimum atomic E-state index is -1.47. The van der Waals surface area contributed by atoms with Crippen molar-refractivity contribution in [2.75, 3.05) is 19.8 Å². The van der Waals surface area contributed by atoms with E-state index in [2.05, 4.69) is 10.6 Å². The Balaban J connectivity index is 1.28. The molecule has 0 spiro atoms. The predicted molar refractivity (Wildman–Crippen MR) is 171 cm³/mol. The summed E-state index contributed by atoms with van der Waals surface area (Å²) in [5.41, 5.74) is 8.47. The standard InChI is InChI=1S/C36H43N3O7/c37-34(42)46-31-18-25-13-7-8-14-27(25)32(31)28-21-38-36(33(28)41,19-24-11-5-2-6-12-24)20-30(40)29(17-23-9-3-1-4-10-23)39-35(43)45-26-15-16-44-22-26/h1-14,26,28-32,34,38,40,42H,15-22,37H2,(H,39,43)/t26?,28?,29-,30-,31+,32+,34?,36-/m0/s1. The zero-order valence-corrected chi connectivity index (χ0v) is 25.8. The molecule has 3 aromatic rings. The summed E-state index contributed by atoms with van der Waals surface area (Å²) >= 11 is 0. The van der Waals surface area contributed by atoms with Crippen molar-refractivity contribution in [1.82, 2.24) is 10.6 Å². The maximum absolute atomic E-state index is 14.8. The minimum Gasteiger partial charge on any atom is -0.444 e. The van der Waals surface area contributed by atoms with Gasteiger partial charge in [0.25, 0.3) is 0 Å². The number of nitrogens with one attached hydrogen (secondary N) is 2. The minimum absolute atomic E-state index is 0.0404. The van der Waals surface area contributed by atoms with E-state index in [1.807, 2.05) is 84.9 Å². The number of aliphatic hydroxyl groups excluding tert-OH is 2. The molecule has 10 nitrogen and oxygen atoms in total. The molecule has 2 heterocycles. The van der Waals surface area contributed by atoms with Crippen molar-refractivity contribution in [3.63, 3.8) is 0 Å². The number of fused-ring (bicyclic) bond motifs is 1. The molecule has 2 saturated heterocycles. The first-order valence-electron chi connectivity index (χ1n) is 16.1. The van der Waals surface area contributed by atoms with E-state index in [4.69, 9.17) is 19.9 Å². The van der Waals surface area contributed by atoms with Crippen molar-refractivity contribution in [1.29, 1.82) is 0 Å². The quantitative estimate of drug-likeness (QED) is 0.190. The smallest absolute Gasteiger partial charge is 0.407 e. The maximum atomic E-state index is 14.8. The van der Waals surface area contributed by atoms with Gasteiger partial charge < -0.3 is 35.1 Å². The van der Waals surface area contributed by atoms with Crippen molar-refractivity contribution >= 4 is 11.9 Å². The summed E-state index contributed by atoms with van der Waals surface area (Å²) in [7, 11) is 0. The number of nitrogens with two attached hydrogens (primary N) is 1. The van der Waals surface area contributed by atoms with E-state index in [0.29, 0.717) is 45.4 Å². The van der Waals surface area contributed by atoms with Gasteiger partial charge in [-0.05, 0) is 41.5 Å². The molecule has 0 radical (unpaired) electrons. The van der Waals surface area contributed by atoms with Gasteiger partial charge in [0.15, 0.2) is 5.78 Å². The van der Waals surface area contributed by atoms with Crippen molar-refractivity contribution < 1.29 is 34.0 Å². The lowest BCUT2D eigenvalue weighted by Crippen LogP contribution is -2.55. The molecule has 0 bridgehead atoms. The van der Waals surface area contributed by atoms with Gasteiger partial charge in [-0.1, -0.05) is 84.9 Å². The topological polar surface area (TPSA) is 152 Å². The van der Waals surface area contributed by atoms with Crippen LogP contribution in [0, 0.1) is 5.92 Å². The Morgan fingerprint density at radius 3 is 2.41 bits per heavy atom. The Hall–Kier alpha value is -3.64. The molecule has 2 fully saturated rings. The van der Waals surface area contributed by atoms with Gasteiger partial charge in [-0.15, -0.1) is 0 Å². The highest BCUT2D eigenvalue weighted by atomic mass is 16.6. The molecule has 1 aliphatic carbocycles. The molecule has 3 unspecified atom stereocenters. The number of benzene rings is 3. The van der Waals surface area contributed by atoms with Crippen LogP contribution in [-0.4, -0.2) is 78.2 Å². The third-order valence-electron chi connectivity index (χ3n) is 9.59. The van der Waals surface area contributed by atoms with E-state index in [1.54, 1.807) is 0 Å². The first-order chi connectivity index (χ1) is 22.3. The third kappa shape index (κ3) is 7.33. The number of Topliss-reactive ketones (excluding diaryl/α,β-unsaturated/α-hetero) is 1. The fourth-order valence-corrected chi connectivity index (χ4v) is 7.44. The number of ketones is 1. The molecule has 3 aliphatic rings. The Morgan fingerprint density at radius 1 is 1.02 bits per heavy atom. The molecular formula is C36H43N3O7. The highest BCUT2D eigenvalue weighted by molar-refractivity contribution is 5.94. The number of alkyl carbamates (subject to hydrolysis) is 1. The van der Waals surface area contributed by atoms with Crippen LogP contribution in [0.4, 0.5) is 4.79 Å². The molecule has 244 valence electrons. The molecule has 6 rings (SSSR count). The summed E-state index contributed by atoms with van der Waals surface area (Å²) in [5, 5.41) is 28.3. The summed E-state index contributed by atoms with van der Waals surface area (Å²) in [6.45, 7) is 1.24. The summed E-state index contributed by atoms with van der Waals surface area (Å²) in [5.74, 6) is -0.858. The molecule has 6 N–H and O–H groups in total. The first-order valence-corrected chi connectivity index (χ1v) is 16.1. The molecule has 0 saturated carbocycles. The van der Waals surface area contributed by atoms with Crippen molar-refractivity contribution in [3.8, 4) is 0 Å². The second kappa shape index (κ2) is 14.4. The van der Waals surface area contributed by atoms with Crippen LogP contribution in [0.2, 0.25) is 0 Å². The SMILES string of the molecule is NC(O)O[C@@H]1Cc2ccccc2[C@@H]1C1CN[C@@](Cc2ccccc2)(C[C@H](O)[C@H](Cc2ccccc2)NC(=O)OC2CCOC2)C1=O. The van der Waals surface area contributed by atoms with Crippen LogP contribution >= 0.6 is 0 Å². The average molecular weight is 630 g/mol. The van der Waals surface area contributed by atoms with Gasteiger partial charge in [0.05, 0.1) is 37.0 Å². The van der Waals surface area contributed by atoms with Gasteiger partial charge >= 0.3 is 6.09 Å². The van der Waals surface area contributed by atoms with Crippen molar-refractivity contribution in [2.24, 2.45) is 11.7 Å². The van der Waals surface area contributed by atoms with Crippen LogP contribution < -0.4 is 16.4 Å². The highest BCUT2D eigenvalue weighted by Crippen LogP contribution is 2.45. The lowest BCUT2D eigenvalue weighted by Gasteiger charge is -2.35. The van der Waals surface area contributed by atoms with Crippen LogP contribution in [0.3, 0.4) is 0 Å². The molecule has 0 aromatic heterocycles. The van der Waals surface area contributed by atoms with Gasteiger partial charge in [-0.3, -0.25) is 10.5 Å². The van der Waals surface area contributed by atoms with Crippen molar-refractivity contribution in [3.05, 3.63) is 107 Å². The van der Waals surface area contributed by atoms with Crippen LogP contribution in [0.25, 0.3) is 0 Å². The van der Waals surface area contributed by atoms with E-state index in [9.17, 15) is 19.8 Å².